The fourth-order valence-corrected chi connectivity index (χ4v) is 4.64. The normalized spacial score (nSPS) is 13.1. The summed E-state index contributed by atoms with van der Waals surface area (Å²) in [5.74, 6) is -0.358. The third kappa shape index (κ3) is 4.57. The van der Waals surface area contributed by atoms with Gasteiger partial charge in [-0.25, -0.2) is 8.42 Å². The molecule has 29 heavy (non-hydrogen) atoms. The Morgan fingerprint density at radius 3 is 2.52 bits per heavy atom. The van der Waals surface area contributed by atoms with Crippen LogP contribution in [0.25, 0.3) is 0 Å². The molecule has 1 heterocycles. The summed E-state index contributed by atoms with van der Waals surface area (Å²) in [6.07, 6.45) is 0.644. The molecule has 0 bridgehead atoms. The lowest BCUT2D eigenvalue weighted by atomic mass is 10.1. The first-order valence-electron chi connectivity index (χ1n) is 9.04. The highest BCUT2D eigenvalue weighted by atomic mass is 32.2. The Hall–Kier alpha value is -2.91. The summed E-state index contributed by atoms with van der Waals surface area (Å²) in [6, 6.07) is 9.73. The largest absolute Gasteiger partial charge is 0.375 e. The van der Waals surface area contributed by atoms with Crippen molar-refractivity contribution in [3.05, 3.63) is 47.5 Å². The van der Waals surface area contributed by atoms with Gasteiger partial charge in [0.2, 0.25) is 5.91 Å². The number of rotatable bonds is 6. The van der Waals surface area contributed by atoms with E-state index in [9.17, 15) is 18.0 Å². The highest BCUT2D eigenvalue weighted by Gasteiger charge is 2.25. The van der Waals surface area contributed by atoms with Crippen LogP contribution in [0.15, 0.2) is 41.3 Å². The lowest BCUT2D eigenvalue weighted by Crippen LogP contribution is -2.31. The van der Waals surface area contributed by atoms with E-state index in [1.54, 1.807) is 42.2 Å². The molecule has 0 saturated carbocycles. The van der Waals surface area contributed by atoms with Gasteiger partial charge in [0.05, 0.1) is 4.90 Å². The molecule has 0 radical (unpaired) electrons. The van der Waals surface area contributed by atoms with Gasteiger partial charge in [0.25, 0.3) is 15.9 Å². The molecule has 9 heteroatoms. The second-order valence-electron chi connectivity index (χ2n) is 6.84. The molecule has 0 spiro atoms. The van der Waals surface area contributed by atoms with E-state index in [1.165, 1.54) is 20.1 Å². The first-order chi connectivity index (χ1) is 13.7. The fourth-order valence-electron chi connectivity index (χ4n) is 3.37. The molecule has 2 N–H and O–H groups in total. The van der Waals surface area contributed by atoms with Crippen molar-refractivity contribution < 1.29 is 22.7 Å². The molecule has 0 saturated heterocycles. The van der Waals surface area contributed by atoms with E-state index in [2.05, 4.69) is 10.0 Å². The molecule has 0 atom stereocenters. The minimum atomic E-state index is -3.81. The molecule has 154 valence electrons. The lowest BCUT2D eigenvalue weighted by molar-refractivity contribution is -0.122. The molecule has 0 aliphatic carbocycles. The van der Waals surface area contributed by atoms with Crippen molar-refractivity contribution in [2.45, 2.75) is 25.2 Å². The summed E-state index contributed by atoms with van der Waals surface area (Å²) >= 11 is 0. The van der Waals surface area contributed by atoms with Gasteiger partial charge >= 0.3 is 0 Å². The average Bonchev–Trinajstić information content (AvgIpc) is 3.04. The summed E-state index contributed by atoms with van der Waals surface area (Å²) in [7, 11) is -2.34. The van der Waals surface area contributed by atoms with Crippen LogP contribution in [-0.2, 0) is 30.8 Å². The van der Waals surface area contributed by atoms with Crippen molar-refractivity contribution in [2.75, 3.05) is 35.2 Å². The van der Waals surface area contributed by atoms with Crippen molar-refractivity contribution >= 4 is 38.9 Å². The maximum atomic E-state index is 12.8. The highest BCUT2D eigenvalue weighted by molar-refractivity contribution is 7.92. The van der Waals surface area contributed by atoms with Crippen molar-refractivity contribution in [3.8, 4) is 0 Å². The van der Waals surface area contributed by atoms with Crippen LogP contribution in [0, 0.1) is 6.92 Å². The smallest absolute Gasteiger partial charge is 0.262 e. The maximum absolute atomic E-state index is 12.8. The number of sulfonamides is 1. The SMILES string of the molecule is COCC(=O)N1CCc2cc(NS(=O)(=O)c3ccc(NC(C)=O)cc3C)ccc21. The molecule has 0 unspecified atom stereocenters. The third-order valence-corrected chi connectivity index (χ3v) is 6.12. The summed E-state index contributed by atoms with van der Waals surface area (Å²) in [5, 5.41) is 2.63. The van der Waals surface area contributed by atoms with Crippen LogP contribution in [0.1, 0.15) is 18.1 Å². The monoisotopic (exact) mass is 417 g/mol. The van der Waals surface area contributed by atoms with Crippen LogP contribution in [-0.4, -0.2) is 40.5 Å². The number of carbonyl (C=O) groups is 2. The standard InChI is InChI=1S/C20H23N3O5S/c1-13-10-16(21-14(2)24)5-7-19(13)29(26,27)22-17-4-6-18-15(11-17)8-9-23(18)20(25)12-28-3/h4-7,10-11,22H,8-9,12H2,1-3H3,(H,21,24). The molecule has 2 aromatic rings. The van der Waals surface area contributed by atoms with Crippen LogP contribution >= 0.6 is 0 Å². The van der Waals surface area contributed by atoms with Crippen LogP contribution in [0.4, 0.5) is 17.1 Å². The lowest BCUT2D eigenvalue weighted by Gasteiger charge is -2.17. The fraction of sp³-hybridized carbons (Fsp3) is 0.300. The molecule has 8 nitrogen and oxygen atoms in total. The predicted molar refractivity (Wildman–Crippen MR) is 111 cm³/mol. The molecule has 0 fully saturated rings. The Labute approximate surface area is 169 Å². The van der Waals surface area contributed by atoms with Crippen LogP contribution in [0.2, 0.25) is 0 Å². The Morgan fingerprint density at radius 2 is 1.86 bits per heavy atom. The molecular weight excluding hydrogens is 394 g/mol. The maximum Gasteiger partial charge on any atom is 0.262 e. The Balaban J connectivity index is 1.81. The van der Waals surface area contributed by atoms with E-state index in [0.29, 0.717) is 29.9 Å². The summed E-state index contributed by atoms with van der Waals surface area (Å²) in [5.41, 5.74) is 3.14. The number of hydrogen-bond donors (Lipinski definition) is 2. The zero-order valence-corrected chi connectivity index (χ0v) is 17.3. The number of aryl methyl sites for hydroxylation is 1. The van der Waals surface area contributed by atoms with Gasteiger partial charge in [0.1, 0.15) is 6.61 Å². The van der Waals surface area contributed by atoms with Crippen LogP contribution < -0.4 is 14.9 Å². The molecule has 3 rings (SSSR count). The van der Waals surface area contributed by atoms with E-state index in [4.69, 9.17) is 4.74 Å². The first-order valence-corrected chi connectivity index (χ1v) is 10.5. The van der Waals surface area contributed by atoms with Gasteiger partial charge in [-0.3, -0.25) is 14.3 Å². The molecule has 1 aliphatic heterocycles. The Morgan fingerprint density at radius 1 is 1.14 bits per heavy atom. The molecule has 2 aromatic carbocycles. The number of fused-ring (bicyclic) bond motifs is 1. The molecule has 1 aliphatic rings. The summed E-state index contributed by atoms with van der Waals surface area (Å²) in [4.78, 5) is 25.0. The Kier molecular flexibility index (Phi) is 5.90. The van der Waals surface area contributed by atoms with Gasteiger partial charge in [-0.2, -0.15) is 0 Å². The number of hydrogen-bond acceptors (Lipinski definition) is 5. The zero-order valence-electron chi connectivity index (χ0n) is 16.5. The van der Waals surface area contributed by atoms with Crippen molar-refractivity contribution in [1.29, 1.82) is 0 Å². The van der Waals surface area contributed by atoms with E-state index in [0.717, 1.165) is 11.3 Å². The minimum absolute atomic E-state index is 0.00157. The van der Waals surface area contributed by atoms with Gasteiger partial charge < -0.3 is 15.0 Å². The van der Waals surface area contributed by atoms with E-state index in [-0.39, 0.29) is 23.3 Å². The topological polar surface area (TPSA) is 105 Å². The zero-order chi connectivity index (χ0) is 21.2. The van der Waals surface area contributed by atoms with Gasteiger partial charge in [0, 0.05) is 37.6 Å². The number of carbonyl (C=O) groups excluding carboxylic acids is 2. The summed E-state index contributed by atoms with van der Waals surface area (Å²) < 4.78 is 33.2. The van der Waals surface area contributed by atoms with Crippen molar-refractivity contribution in [1.82, 2.24) is 0 Å². The molecule has 0 aromatic heterocycles. The average molecular weight is 417 g/mol. The summed E-state index contributed by atoms with van der Waals surface area (Å²) in [6.45, 7) is 3.60. The molecule has 2 amide bonds. The number of nitrogens with one attached hydrogen (secondary N) is 2. The van der Waals surface area contributed by atoms with Crippen LogP contribution in [0.5, 0.6) is 0 Å². The number of amides is 2. The highest BCUT2D eigenvalue weighted by Crippen LogP contribution is 2.31. The van der Waals surface area contributed by atoms with Crippen molar-refractivity contribution in [3.63, 3.8) is 0 Å². The minimum Gasteiger partial charge on any atom is -0.375 e. The Bertz CT molecular complexity index is 1070. The third-order valence-electron chi connectivity index (χ3n) is 4.58. The number of ether oxygens (including phenoxy) is 1. The second-order valence-corrected chi connectivity index (χ2v) is 8.49. The van der Waals surface area contributed by atoms with Crippen LogP contribution in [0.3, 0.4) is 0 Å². The van der Waals surface area contributed by atoms with Gasteiger partial charge in [-0.15, -0.1) is 0 Å². The van der Waals surface area contributed by atoms with E-state index < -0.39 is 10.0 Å². The first kappa shape index (κ1) is 20.8. The second kappa shape index (κ2) is 8.22. The van der Waals surface area contributed by atoms with E-state index >= 15 is 0 Å². The number of anilines is 3. The predicted octanol–water partition coefficient (Wildman–Crippen LogP) is 2.29. The van der Waals surface area contributed by atoms with Gasteiger partial charge in [0.15, 0.2) is 0 Å². The quantitative estimate of drug-likeness (QED) is 0.750. The van der Waals surface area contributed by atoms with Gasteiger partial charge in [-0.1, -0.05) is 0 Å². The number of nitrogens with zero attached hydrogens (tertiary/aromatic N) is 1. The van der Waals surface area contributed by atoms with Crippen molar-refractivity contribution in [2.24, 2.45) is 0 Å². The number of benzene rings is 2. The number of methoxy groups -OCH3 is 1. The molecular formula is C20H23N3O5S. The van der Waals surface area contributed by atoms with Gasteiger partial charge in [-0.05, 0) is 60.9 Å². The van der Waals surface area contributed by atoms with E-state index in [1.807, 2.05) is 0 Å².